The maximum Gasteiger partial charge on any atom is 0.0713 e. The molecule has 0 aliphatic carbocycles. The van der Waals surface area contributed by atoms with Crippen molar-refractivity contribution >= 4 is 21.8 Å². The zero-order chi connectivity index (χ0) is 11.0. The summed E-state index contributed by atoms with van der Waals surface area (Å²) < 4.78 is 5.16. The third-order valence-corrected chi connectivity index (χ3v) is 2.88. The summed E-state index contributed by atoms with van der Waals surface area (Å²) in [6.45, 7) is 0.662. The zero-order valence-electron chi connectivity index (χ0n) is 9.16. The molecule has 0 fully saturated rings. The molecule has 0 radical (unpaired) electrons. The predicted molar refractivity (Wildman–Crippen MR) is 66.5 cm³/mol. The molecule has 0 saturated carbocycles. The van der Waals surface area contributed by atoms with E-state index < -0.39 is 0 Å². The third kappa shape index (κ3) is 1.39. The molecule has 2 aromatic carbocycles. The lowest BCUT2D eigenvalue weighted by Crippen LogP contribution is -1.85. The fourth-order valence-electron chi connectivity index (χ4n) is 2.15. The summed E-state index contributed by atoms with van der Waals surface area (Å²) in [5, 5.41) is 2.54. The van der Waals surface area contributed by atoms with Crippen molar-refractivity contribution in [3.8, 4) is 0 Å². The molecule has 0 bridgehead atoms. The van der Waals surface area contributed by atoms with Crippen LogP contribution >= 0.6 is 0 Å². The summed E-state index contributed by atoms with van der Waals surface area (Å²) >= 11 is 0. The Labute approximate surface area is 93.8 Å². The van der Waals surface area contributed by atoms with Crippen molar-refractivity contribution in [3.63, 3.8) is 0 Å². The molecule has 3 rings (SSSR count). The Morgan fingerprint density at radius 3 is 2.69 bits per heavy atom. The van der Waals surface area contributed by atoms with Gasteiger partial charge in [-0.1, -0.05) is 24.3 Å². The first-order valence-corrected chi connectivity index (χ1v) is 5.37. The van der Waals surface area contributed by atoms with Crippen molar-refractivity contribution in [3.05, 3.63) is 48.0 Å². The normalized spacial score (nSPS) is 11.3. The van der Waals surface area contributed by atoms with Gasteiger partial charge in [-0.3, -0.25) is 0 Å². The molecule has 1 heterocycles. The topological polar surface area (TPSA) is 25.0 Å². The Morgan fingerprint density at radius 2 is 1.81 bits per heavy atom. The predicted octanol–water partition coefficient (Wildman–Crippen LogP) is 3.47. The van der Waals surface area contributed by atoms with Gasteiger partial charge in [0.15, 0.2) is 0 Å². The Morgan fingerprint density at radius 1 is 1.00 bits per heavy atom. The van der Waals surface area contributed by atoms with Crippen LogP contribution in [-0.2, 0) is 11.3 Å². The first kappa shape index (κ1) is 9.43. The monoisotopic (exact) mass is 211 g/mol. The van der Waals surface area contributed by atoms with E-state index in [-0.39, 0.29) is 0 Å². The van der Waals surface area contributed by atoms with E-state index in [0.717, 1.165) is 0 Å². The first-order valence-electron chi connectivity index (χ1n) is 5.37. The van der Waals surface area contributed by atoms with E-state index >= 15 is 0 Å². The Kier molecular flexibility index (Phi) is 2.15. The number of nitrogens with one attached hydrogen (secondary N) is 1. The van der Waals surface area contributed by atoms with Crippen LogP contribution in [0.5, 0.6) is 0 Å². The molecule has 3 aromatic rings. The smallest absolute Gasteiger partial charge is 0.0713 e. The van der Waals surface area contributed by atoms with Gasteiger partial charge in [-0.2, -0.15) is 0 Å². The van der Waals surface area contributed by atoms with Gasteiger partial charge in [-0.25, -0.2) is 0 Å². The fourth-order valence-corrected chi connectivity index (χ4v) is 2.15. The molecule has 0 spiro atoms. The number of para-hydroxylation sites is 1. The lowest BCUT2D eigenvalue weighted by Gasteiger charge is -1.99. The van der Waals surface area contributed by atoms with Crippen LogP contribution in [0.25, 0.3) is 21.8 Å². The van der Waals surface area contributed by atoms with Crippen molar-refractivity contribution in [2.24, 2.45) is 0 Å². The van der Waals surface area contributed by atoms with Crippen LogP contribution in [0, 0.1) is 0 Å². The van der Waals surface area contributed by atoms with Gasteiger partial charge in [-0.15, -0.1) is 0 Å². The molecule has 2 heteroatoms. The number of H-pyrrole nitrogens is 1. The number of fused-ring (bicyclic) bond motifs is 3. The molecule has 0 atom stereocenters. The Bertz CT molecular complexity index is 639. The van der Waals surface area contributed by atoms with Crippen LogP contribution in [0.1, 0.15) is 5.56 Å². The first-order chi connectivity index (χ1) is 7.88. The summed E-state index contributed by atoms with van der Waals surface area (Å²) in [7, 11) is 1.72. The van der Waals surface area contributed by atoms with Crippen LogP contribution in [0.2, 0.25) is 0 Å². The van der Waals surface area contributed by atoms with Crippen molar-refractivity contribution in [1.29, 1.82) is 0 Å². The van der Waals surface area contributed by atoms with Crippen molar-refractivity contribution in [1.82, 2.24) is 4.98 Å². The molecule has 1 aromatic heterocycles. The molecular formula is C14H13NO. The lowest BCUT2D eigenvalue weighted by atomic mass is 10.1. The number of methoxy groups -OCH3 is 1. The van der Waals surface area contributed by atoms with Crippen LogP contribution in [0.4, 0.5) is 0 Å². The van der Waals surface area contributed by atoms with Crippen LogP contribution in [0.3, 0.4) is 0 Å². The van der Waals surface area contributed by atoms with Gasteiger partial charge >= 0.3 is 0 Å². The summed E-state index contributed by atoms with van der Waals surface area (Å²) in [4.78, 5) is 3.41. The minimum Gasteiger partial charge on any atom is -0.380 e. The highest BCUT2D eigenvalue weighted by Crippen LogP contribution is 2.26. The van der Waals surface area contributed by atoms with Crippen LogP contribution in [0.15, 0.2) is 42.5 Å². The second-order valence-corrected chi connectivity index (χ2v) is 3.98. The number of rotatable bonds is 2. The summed E-state index contributed by atoms with van der Waals surface area (Å²) in [5.74, 6) is 0. The number of ether oxygens (including phenoxy) is 1. The Balaban J connectivity index is 2.31. The third-order valence-electron chi connectivity index (χ3n) is 2.88. The van der Waals surface area contributed by atoms with E-state index in [0.29, 0.717) is 6.61 Å². The van der Waals surface area contributed by atoms with Gasteiger partial charge in [-0.05, 0) is 23.8 Å². The quantitative estimate of drug-likeness (QED) is 0.689. The highest BCUT2D eigenvalue weighted by Gasteiger charge is 2.03. The molecule has 0 amide bonds. The van der Waals surface area contributed by atoms with Crippen LogP contribution < -0.4 is 0 Å². The molecule has 80 valence electrons. The fraction of sp³-hybridized carbons (Fsp3) is 0.143. The zero-order valence-corrected chi connectivity index (χ0v) is 9.16. The van der Waals surface area contributed by atoms with E-state index in [1.165, 1.54) is 27.4 Å². The number of hydrogen-bond acceptors (Lipinski definition) is 1. The minimum atomic E-state index is 0.662. The number of hydrogen-bond donors (Lipinski definition) is 1. The molecule has 16 heavy (non-hydrogen) atoms. The van der Waals surface area contributed by atoms with Gasteiger partial charge < -0.3 is 9.72 Å². The van der Waals surface area contributed by atoms with Crippen molar-refractivity contribution in [2.75, 3.05) is 7.11 Å². The van der Waals surface area contributed by atoms with Gasteiger partial charge in [0.05, 0.1) is 6.61 Å². The van der Waals surface area contributed by atoms with E-state index in [4.69, 9.17) is 4.74 Å². The number of aromatic amines is 1. The van der Waals surface area contributed by atoms with E-state index in [9.17, 15) is 0 Å². The van der Waals surface area contributed by atoms with Gasteiger partial charge in [0, 0.05) is 28.9 Å². The second-order valence-electron chi connectivity index (χ2n) is 3.98. The lowest BCUT2D eigenvalue weighted by molar-refractivity contribution is 0.185. The summed E-state index contributed by atoms with van der Waals surface area (Å²) in [6, 6.07) is 14.8. The average molecular weight is 211 g/mol. The maximum absolute atomic E-state index is 5.16. The largest absolute Gasteiger partial charge is 0.380 e. The van der Waals surface area contributed by atoms with Gasteiger partial charge in [0.25, 0.3) is 0 Å². The maximum atomic E-state index is 5.16. The SMILES string of the molecule is COCc1ccc2[nH]c3ccccc3c2c1. The standard InChI is InChI=1S/C14H13NO/c1-16-9-10-6-7-14-12(8-10)11-4-2-3-5-13(11)15-14/h2-8,15H,9H2,1H3. The summed E-state index contributed by atoms with van der Waals surface area (Å²) in [6.07, 6.45) is 0. The second kappa shape index (κ2) is 3.65. The molecule has 0 aliphatic rings. The molecule has 0 unspecified atom stereocenters. The molecular weight excluding hydrogens is 198 g/mol. The number of aromatic nitrogens is 1. The highest BCUT2D eigenvalue weighted by molar-refractivity contribution is 6.07. The van der Waals surface area contributed by atoms with E-state index in [2.05, 4.69) is 41.4 Å². The Hall–Kier alpha value is -1.80. The van der Waals surface area contributed by atoms with Gasteiger partial charge in [0.2, 0.25) is 0 Å². The van der Waals surface area contributed by atoms with E-state index in [1.54, 1.807) is 7.11 Å². The minimum absolute atomic E-state index is 0.662. The van der Waals surface area contributed by atoms with Crippen molar-refractivity contribution in [2.45, 2.75) is 6.61 Å². The van der Waals surface area contributed by atoms with Crippen molar-refractivity contribution < 1.29 is 4.74 Å². The average Bonchev–Trinajstić information content (AvgIpc) is 2.68. The number of benzene rings is 2. The van der Waals surface area contributed by atoms with E-state index in [1.807, 2.05) is 6.07 Å². The van der Waals surface area contributed by atoms with Crippen LogP contribution in [-0.4, -0.2) is 12.1 Å². The molecule has 2 nitrogen and oxygen atoms in total. The highest BCUT2D eigenvalue weighted by atomic mass is 16.5. The molecule has 1 N–H and O–H groups in total. The molecule has 0 saturated heterocycles. The van der Waals surface area contributed by atoms with Gasteiger partial charge in [0.1, 0.15) is 0 Å². The molecule has 0 aliphatic heterocycles. The summed E-state index contributed by atoms with van der Waals surface area (Å²) in [5.41, 5.74) is 3.58.